The van der Waals surface area contributed by atoms with Gasteiger partial charge in [-0.2, -0.15) is 0 Å². The Kier molecular flexibility index (Phi) is 11.8. The first kappa shape index (κ1) is 47.6. The number of rotatable bonds is 9. The fourth-order valence-electron chi connectivity index (χ4n) is 12.5. The summed E-state index contributed by atoms with van der Waals surface area (Å²) in [7, 11) is 0. The van der Waals surface area contributed by atoms with Gasteiger partial charge in [0.1, 0.15) is 29.6 Å². The summed E-state index contributed by atoms with van der Waals surface area (Å²) in [6.07, 6.45) is -7.21. The summed E-state index contributed by atoms with van der Waals surface area (Å²) in [5, 5.41) is 26.9. The maximum Gasteiger partial charge on any atom is 0.338 e. The van der Waals surface area contributed by atoms with E-state index in [-0.39, 0.29) is 30.1 Å². The Balaban J connectivity index is 1.17. The van der Waals surface area contributed by atoms with Crippen molar-refractivity contribution in [2.45, 2.75) is 135 Å². The number of amides is 1. The third-order valence-corrected chi connectivity index (χ3v) is 16.4. The van der Waals surface area contributed by atoms with Gasteiger partial charge in [0.15, 0.2) is 11.9 Å². The quantitative estimate of drug-likeness (QED) is 0.123. The number of esters is 2. The SMILES string of the molecule is CC1=C2[C@@H](O)C(=O)[C@]3(C)[C@@H](OC(C)(C)c4ccccc4)C[C@H]4OC[C@@]4(C)[C@H]3[C@H](OC(=O)c3ccccc3)[C@](O)(C[C@@H]1OC(=O)[C@@H]1OC(C)(C)N(C(=O)c3ccccc3)[C@@H]1c1ccccc1)C2(C)C. The van der Waals surface area contributed by atoms with Crippen molar-refractivity contribution in [2.24, 2.45) is 22.2 Å². The van der Waals surface area contributed by atoms with Crippen LogP contribution in [0.15, 0.2) is 132 Å². The highest BCUT2D eigenvalue weighted by atomic mass is 16.6. The van der Waals surface area contributed by atoms with Gasteiger partial charge in [0.05, 0.1) is 41.4 Å². The largest absolute Gasteiger partial charge is 0.456 e. The lowest BCUT2D eigenvalue weighted by Gasteiger charge is -2.68. The van der Waals surface area contributed by atoms with Crippen LogP contribution >= 0.6 is 0 Å². The molecule has 2 heterocycles. The molecule has 3 aliphatic carbocycles. The van der Waals surface area contributed by atoms with E-state index >= 15 is 9.59 Å². The third-order valence-electron chi connectivity index (χ3n) is 16.4. The monoisotopic (exact) mass is 925 g/mol. The molecule has 2 bridgehead atoms. The molecule has 0 aromatic heterocycles. The zero-order valence-corrected chi connectivity index (χ0v) is 40.3. The van der Waals surface area contributed by atoms with Crippen LogP contribution < -0.4 is 0 Å². The highest BCUT2D eigenvalue weighted by molar-refractivity contribution is 5.96. The molecule has 358 valence electrons. The van der Waals surface area contributed by atoms with Crippen molar-refractivity contribution in [3.05, 3.63) is 155 Å². The molecule has 12 heteroatoms. The smallest absolute Gasteiger partial charge is 0.338 e. The standard InChI is InChI=1S/C56H63NO11/c1-33-38(65-50(62)44-42(34-22-14-10-15-23-34)57(53(6,7)68-44)48(60)35-24-16-11-17-25-35)31-56(63)47(66-49(61)36-26-18-12-19-27-36)45-54(8)32-64-39(54)30-40(67-52(4,5)37-28-20-13-21-29-37)55(45,9)46(59)43(58)41(33)51(56,2)3/h10-29,38-40,42-45,47,58,63H,30-32H2,1-9H3/t38-,39+,40-,42+,43+,44+,45+,47-,54+,55+,56+/m0/s1. The van der Waals surface area contributed by atoms with E-state index in [1.165, 1.54) is 0 Å². The number of benzene rings is 4. The average Bonchev–Trinajstić information content (AvgIpc) is 3.61. The van der Waals surface area contributed by atoms with Gasteiger partial charge in [-0.1, -0.05) is 118 Å². The van der Waals surface area contributed by atoms with Gasteiger partial charge in [-0.3, -0.25) is 9.59 Å². The first-order chi connectivity index (χ1) is 32.1. The molecule has 4 aromatic carbocycles. The second-order valence-electron chi connectivity index (χ2n) is 21.4. The Morgan fingerprint density at radius 1 is 0.779 bits per heavy atom. The van der Waals surface area contributed by atoms with E-state index in [1.807, 2.05) is 87.5 Å². The normalized spacial score (nSPS) is 33.8. The van der Waals surface area contributed by atoms with Gasteiger partial charge >= 0.3 is 11.9 Å². The highest BCUT2D eigenvalue weighted by Gasteiger charge is 2.76. The molecule has 11 atom stereocenters. The number of hydrogen-bond donors (Lipinski definition) is 2. The van der Waals surface area contributed by atoms with Crippen LogP contribution in [0, 0.1) is 22.2 Å². The average molecular weight is 926 g/mol. The summed E-state index contributed by atoms with van der Waals surface area (Å²) in [6, 6.07) is 35.1. The summed E-state index contributed by atoms with van der Waals surface area (Å²) < 4.78 is 33.2. The number of aliphatic hydroxyl groups is 2. The van der Waals surface area contributed by atoms with Crippen molar-refractivity contribution in [1.82, 2.24) is 4.90 Å². The molecule has 12 nitrogen and oxygen atoms in total. The number of aliphatic hydroxyl groups excluding tert-OH is 1. The lowest BCUT2D eigenvalue weighted by Crippen LogP contribution is -2.78. The summed E-state index contributed by atoms with van der Waals surface area (Å²) in [6.45, 7) is 16.4. The van der Waals surface area contributed by atoms with E-state index in [9.17, 15) is 19.8 Å². The molecule has 2 N–H and O–H groups in total. The van der Waals surface area contributed by atoms with E-state index in [0.717, 1.165) is 5.56 Å². The zero-order valence-electron chi connectivity index (χ0n) is 40.3. The fraction of sp³-hybridized carbons (Fsp3) is 0.464. The van der Waals surface area contributed by atoms with Crippen molar-refractivity contribution < 1.29 is 53.1 Å². The molecule has 68 heavy (non-hydrogen) atoms. The minimum absolute atomic E-state index is 0.154. The predicted molar refractivity (Wildman–Crippen MR) is 252 cm³/mol. The van der Waals surface area contributed by atoms with Crippen LogP contribution in [0.2, 0.25) is 0 Å². The molecule has 1 amide bonds. The van der Waals surface area contributed by atoms with Crippen LogP contribution in [0.1, 0.15) is 113 Å². The molecule has 0 spiro atoms. The molecule has 5 aliphatic rings. The van der Waals surface area contributed by atoms with E-state index in [4.69, 9.17) is 23.7 Å². The molecular formula is C56H63NO11. The number of Topliss-reactive ketones (excluding diaryl/α,β-unsaturated/α-hetero) is 1. The summed E-state index contributed by atoms with van der Waals surface area (Å²) in [5.41, 5.74) is -5.57. The van der Waals surface area contributed by atoms with Crippen LogP contribution in [0.5, 0.6) is 0 Å². The predicted octanol–water partition coefficient (Wildman–Crippen LogP) is 8.32. The second-order valence-corrected chi connectivity index (χ2v) is 21.4. The van der Waals surface area contributed by atoms with Gasteiger partial charge in [-0.15, -0.1) is 0 Å². The first-order valence-electron chi connectivity index (χ1n) is 23.7. The molecule has 0 unspecified atom stereocenters. The summed E-state index contributed by atoms with van der Waals surface area (Å²) >= 11 is 0. The van der Waals surface area contributed by atoms with E-state index in [1.54, 1.807) is 101 Å². The number of ketones is 1. The summed E-state index contributed by atoms with van der Waals surface area (Å²) in [5.74, 6) is -3.46. The minimum atomic E-state index is -2.10. The van der Waals surface area contributed by atoms with Gasteiger partial charge in [-0.05, 0) is 88.1 Å². The van der Waals surface area contributed by atoms with Gasteiger partial charge < -0.3 is 38.8 Å². The zero-order chi connectivity index (χ0) is 48.8. The molecular weight excluding hydrogens is 863 g/mol. The molecule has 9 rings (SSSR count). The maximum absolute atomic E-state index is 15.9. The van der Waals surface area contributed by atoms with Crippen LogP contribution in [0.4, 0.5) is 0 Å². The molecule has 2 saturated heterocycles. The lowest BCUT2D eigenvalue weighted by molar-refractivity contribution is -0.325. The minimum Gasteiger partial charge on any atom is -0.456 e. The third kappa shape index (κ3) is 7.37. The first-order valence-corrected chi connectivity index (χ1v) is 23.7. The maximum atomic E-state index is 15.9. The summed E-state index contributed by atoms with van der Waals surface area (Å²) in [4.78, 5) is 61.5. The Morgan fingerprint density at radius 2 is 1.34 bits per heavy atom. The topological polar surface area (TPSA) is 158 Å². The van der Waals surface area contributed by atoms with Crippen LogP contribution in [-0.2, 0) is 38.9 Å². The van der Waals surface area contributed by atoms with E-state index in [0.29, 0.717) is 23.1 Å². The van der Waals surface area contributed by atoms with Gasteiger partial charge in [-0.25, -0.2) is 9.59 Å². The highest BCUT2D eigenvalue weighted by Crippen LogP contribution is 2.66. The number of nitrogens with zero attached hydrogens (tertiary/aromatic N) is 1. The molecule has 0 radical (unpaired) electrons. The Labute approximate surface area is 398 Å². The van der Waals surface area contributed by atoms with E-state index in [2.05, 4.69) is 0 Å². The second kappa shape index (κ2) is 16.9. The molecule has 2 saturated carbocycles. The molecule has 4 fully saturated rings. The number of hydrogen-bond acceptors (Lipinski definition) is 11. The number of carbonyl (C=O) groups is 4. The van der Waals surface area contributed by atoms with Crippen LogP contribution in [0.25, 0.3) is 0 Å². The number of carbonyl (C=O) groups excluding carboxylic acids is 4. The Hall–Kier alpha value is -5.50. The number of ether oxygens (including phenoxy) is 5. The van der Waals surface area contributed by atoms with Crippen molar-refractivity contribution in [1.29, 1.82) is 0 Å². The number of fused-ring (bicyclic) bond motifs is 5. The van der Waals surface area contributed by atoms with E-state index < -0.39 is 99.5 Å². The van der Waals surface area contributed by atoms with Crippen LogP contribution in [-0.4, -0.2) is 93.3 Å². The Morgan fingerprint density at radius 3 is 1.91 bits per heavy atom. The molecule has 2 aliphatic heterocycles. The lowest BCUT2D eigenvalue weighted by atomic mass is 9.42. The van der Waals surface area contributed by atoms with Crippen molar-refractivity contribution in [2.75, 3.05) is 6.61 Å². The van der Waals surface area contributed by atoms with Gasteiger partial charge in [0, 0.05) is 35.2 Å². The van der Waals surface area contributed by atoms with Crippen molar-refractivity contribution in [3.8, 4) is 0 Å². The molecule has 4 aromatic rings. The van der Waals surface area contributed by atoms with Gasteiger partial charge in [0.25, 0.3) is 5.91 Å². The van der Waals surface area contributed by atoms with Crippen molar-refractivity contribution >= 4 is 23.6 Å². The van der Waals surface area contributed by atoms with Crippen LogP contribution in [0.3, 0.4) is 0 Å². The Bertz CT molecular complexity index is 2620. The van der Waals surface area contributed by atoms with Crippen molar-refractivity contribution in [3.63, 3.8) is 0 Å². The van der Waals surface area contributed by atoms with Gasteiger partial charge in [0.2, 0.25) is 0 Å². The fourth-order valence-corrected chi connectivity index (χ4v) is 12.5.